The van der Waals surface area contributed by atoms with Gasteiger partial charge in [-0.3, -0.25) is 4.79 Å². The molecule has 8 heteroatoms. The van der Waals surface area contributed by atoms with Gasteiger partial charge in [0.1, 0.15) is 0 Å². The van der Waals surface area contributed by atoms with E-state index >= 15 is 0 Å². The summed E-state index contributed by atoms with van der Waals surface area (Å²) in [6.07, 6.45) is 0. The van der Waals surface area contributed by atoms with Crippen molar-refractivity contribution in [2.24, 2.45) is 7.05 Å². The van der Waals surface area contributed by atoms with Crippen molar-refractivity contribution in [1.29, 1.82) is 0 Å². The number of esters is 1. The Labute approximate surface area is 149 Å². The lowest BCUT2D eigenvalue weighted by Gasteiger charge is -2.04. The Hall–Kier alpha value is -3.29. The van der Waals surface area contributed by atoms with E-state index in [9.17, 15) is 9.59 Å². The number of aromatic nitrogens is 4. The number of ether oxygens (including phenoxy) is 1. The van der Waals surface area contributed by atoms with Crippen LogP contribution in [0.25, 0.3) is 11.4 Å². The molecule has 0 unspecified atom stereocenters. The zero-order valence-electron chi connectivity index (χ0n) is 14.7. The van der Waals surface area contributed by atoms with Crippen LogP contribution in [0.15, 0.2) is 45.7 Å². The SMILES string of the molecule is CC(C)c1ccc(-c2noc(COC(=O)c3ccc(=O)n(C)n3)n2)cc1. The highest BCUT2D eigenvalue weighted by atomic mass is 16.6. The maximum absolute atomic E-state index is 12.0. The van der Waals surface area contributed by atoms with E-state index in [1.165, 1.54) is 24.7 Å². The Morgan fingerprint density at radius 2 is 1.92 bits per heavy atom. The molecule has 0 saturated carbocycles. The molecule has 0 aliphatic carbocycles. The Bertz CT molecular complexity index is 973. The largest absolute Gasteiger partial charge is 0.451 e. The van der Waals surface area contributed by atoms with Crippen LogP contribution < -0.4 is 5.56 Å². The second-order valence-electron chi connectivity index (χ2n) is 6.04. The zero-order valence-corrected chi connectivity index (χ0v) is 14.7. The van der Waals surface area contributed by atoms with E-state index in [4.69, 9.17) is 9.26 Å². The lowest BCUT2D eigenvalue weighted by Crippen LogP contribution is -2.21. The average molecular weight is 354 g/mol. The molecule has 0 spiro atoms. The van der Waals surface area contributed by atoms with Crippen molar-refractivity contribution >= 4 is 5.97 Å². The number of benzene rings is 1. The fraction of sp³-hybridized carbons (Fsp3) is 0.278. The van der Waals surface area contributed by atoms with Crippen molar-refractivity contribution in [3.63, 3.8) is 0 Å². The van der Waals surface area contributed by atoms with Crippen molar-refractivity contribution in [3.05, 3.63) is 63.9 Å². The first-order valence-electron chi connectivity index (χ1n) is 8.08. The number of hydrogen-bond acceptors (Lipinski definition) is 7. The van der Waals surface area contributed by atoms with E-state index in [-0.39, 0.29) is 23.8 Å². The highest BCUT2D eigenvalue weighted by Gasteiger charge is 2.14. The van der Waals surface area contributed by atoms with Crippen LogP contribution in [0, 0.1) is 0 Å². The Kier molecular flexibility index (Phi) is 4.92. The summed E-state index contributed by atoms with van der Waals surface area (Å²) in [5.74, 6) is 0.356. The van der Waals surface area contributed by atoms with Gasteiger partial charge in [-0.2, -0.15) is 10.1 Å². The van der Waals surface area contributed by atoms with Gasteiger partial charge in [-0.25, -0.2) is 9.48 Å². The quantitative estimate of drug-likeness (QED) is 0.648. The molecule has 3 aromatic rings. The molecule has 0 bridgehead atoms. The third kappa shape index (κ3) is 3.85. The van der Waals surface area contributed by atoms with Crippen LogP contribution in [0.5, 0.6) is 0 Å². The number of carbonyl (C=O) groups is 1. The smallest absolute Gasteiger partial charge is 0.359 e. The Morgan fingerprint density at radius 3 is 2.58 bits per heavy atom. The van der Waals surface area contributed by atoms with E-state index in [1.807, 2.05) is 24.3 Å². The summed E-state index contributed by atoms with van der Waals surface area (Å²) in [6.45, 7) is 4.06. The fourth-order valence-electron chi connectivity index (χ4n) is 2.26. The van der Waals surface area contributed by atoms with Crippen molar-refractivity contribution < 1.29 is 14.1 Å². The van der Waals surface area contributed by atoms with Gasteiger partial charge in [-0.1, -0.05) is 43.3 Å². The van der Waals surface area contributed by atoms with E-state index in [1.54, 1.807) is 0 Å². The predicted octanol–water partition coefficient (Wildman–Crippen LogP) is 2.31. The maximum Gasteiger partial charge on any atom is 0.359 e. The van der Waals surface area contributed by atoms with Gasteiger partial charge in [-0.05, 0) is 17.5 Å². The van der Waals surface area contributed by atoms with Crippen LogP contribution in [-0.4, -0.2) is 25.9 Å². The standard InChI is InChI=1S/C18H18N4O4/c1-11(2)12-4-6-13(7-5-12)17-19-15(26-21-17)10-25-18(24)14-8-9-16(23)22(3)20-14/h4-9,11H,10H2,1-3H3. The normalized spacial score (nSPS) is 10.9. The van der Waals surface area contributed by atoms with Crippen LogP contribution in [0.3, 0.4) is 0 Å². The average Bonchev–Trinajstić information content (AvgIpc) is 3.11. The summed E-state index contributed by atoms with van der Waals surface area (Å²) in [7, 11) is 1.45. The van der Waals surface area contributed by atoms with Crippen LogP contribution >= 0.6 is 0 Å². The third-order valence-electron chi connectivity index (χ3n) is 3.80. The topological polar surface area (TPSA) is 100 Å². The number of aryl methyl sites for hydroxylation is 1. The summed E-state index contributed by atoms with van der Waals surface area (Å²) in [4.78, 5) is 27.5. The fourth-order valence-corrected chi connectivity index (χ4v) is 2.26. The number of hydrogen-bond donors (Lipinski definition) is 0. The molecule has 0 amide bonds. The van der Waals surface area contributed by atoms with Crippen molar-refractivity contribution in [3.8, 4) is 11.4 Å². The molecular weight excluding hydrogens is 336 g/mol. The molecule has 134 valence electrons. The molecule has 0 N–H and O–H groups in total. The molecule has 0 atom stereocenters. The van der Waals surface area contributed by atoms with Crippen LogP contribution in [-0.2, 0) is 18.4 Å². The minimum Gasteiger partial charge on any atom is -0.451 e. The van der Waals surface area contributed by atoms with E-state index in [0.717, 1.165) is 10.2 Å². The zero-order chi connectivity index (χ0) is 18.7. The van der Waals surface area contributed by atoms with Crippen molar-refractivity contribution in [2.45, 2.75) is 26.4 Å². The molecule has 1 aromatic carbocycles. The molecule has 0 aliphatic heterocycles. The first-order valence-corrected chi connectivity index (χ1v) is 8.08. The molecule has 0 saturated heterocycles. The second kappa shape index (κ2) is 7.30. The molecule has 3 rings (SSSR count). The van der Waals surface area contributed by atoms with Crippen LogP contribution in [0.1, 0.15) is 41.7 Å². The summed E-state index contributed by atoms with van der Waals surface area (Å²) in [6, 6.07) is 10.4. The Balaban J connectivity index is 1.65. The van der Waals surface area contributed by atoms with Crippen LogP contribution in [0.4, 0.5) is 0 Å². The van der Waals surface area contributed by atoms with E-state index < -0.39 is 5.97 Å². The summed E-state index contributed by atoms with van der Waals surface area (Å²) < 4.78 is 11.3. The number of nitrogens with zero attached hydrogens (tertiary/aromatic N) is 4. The first-order chi connectivity index (χ1) is 12.4. The monoisotopic (exact) mass is 354 g/mol. The van der Waals surface area contributed by atoms with Gasteiger partial charge in [0, 0.05) is 18.7 Å². The number of rotatable bonds is 5. The second-order valence-corrected chi connectivity index (χ2v) is 6.04. The molecule has 0 aliphatic rings. The molecule has 2 aromatic heterocycles. The van der Waals surface area contributed by atoms with Crippen molar-refractivity contribution in [2.75, 3.05) is 0 Å². The van der Waals surface area contributed by atoms with Gasteiger partial charge >= 0.3 is 5.97 Å². The minimum absolute atomic E-state index is 0.0242. The molecular formula is C18H18N4O4. The van der Waals surface area contributed by atoms with Gasteiger partial charge in [-0.15, -0.1) is 0 Å². The minimum atomic E-state index is -0.679. The van der Waals surface area contributed by atoms with Gasteiger partial charge in [0.05, 0.1) is 0 Å². The lowest BCUT2D eigenvalue weighted by molar-refractivity contribution is 0.0420. The molecule has 2 heterocycles. The van der Waals surface area contributed by atoms with Gasteiger partial charge in [0.15, 0.2) is 12.3 Å². The molecule has 26 heavy (non-hydrogen) atoms. The van der Waals surface area contributed by atoms with E-state index in [2.05, 4.69) is 29.1 Å². The van der Waals surface area contributed by atoms with Crippen LogP contribution in [0.2, 0.25) is 0 Å². The lowest BCUT2D eigenvalue weighted by atomic mass is 10.0. The Morgan fingerprint density at radius 1 is 1.19 bits per heavy atom. The summed E-state index contributed by atoms with van der Waals surface area (Å²) in [5, 5.41) is 7.72. The molecule has 0 radical (unpaired) electrons. The number of carbonyl (C=O) groups excluding carboxylic acids is 1. The maximum atomic E-state index is 12.0. The van der Waals surface area contributed by atoms with Gasteiger partial charge < -0.3 is 9.26 Å². The van der Waals surface area contributed by atoms with E-state index in [0.29, 0.717) is 11.7 Å². The molecule has 8 nitrogen and oxygen atoms in total. The predicted molar refractivity (Wildman–Crippen MR) is 92.4 cm³/mol. The summed E-state index contributed by atoms with van der Waals surface area (Å²) >= 11 is 0. The highest BCUT2D eigenvalue weighted by molar-refractivity contribution is 5.86. The van der Waals surface area contributed by atoms with Crippen molar-refractivity contribution in [1.82, 2.24) is 19.9 Å². The summed E-state index contributed by atoms with van der Waals surface area (Å²) in [5.41, 5.74) is 1.74. The first kappa shape index (κ1) is 17.5. The highest BCUT2D eigenvalue weighted by Crippen LogP contribution is 2.20. The molecule has 0 fully saturated rings. The van der Waals surface area contributed by atoms with Gasteiger partial charge in [0.2, 0.25) is 5.82 Å². The third-order valence-corrected chi connectivity index (χ3v) is 3.80. The van der Waals surface area contributed by atoms with Gasteiger partial charge in [0.25, 0.3) is 11.4 Å².